The molecule has 2 rings (SSSR count). The second-order valence-corrected chi connectivity index (χ2v) is 3.57. The van der Waals surface area contributed by atoms with Gasteiger partial charge in [-0.25, -0.2) is 4.98 Å². The molecule has 2 N–H and O–H groups in total. The van der Waals surface area contributed by atoms with E-state index >= 15 is 0 Å². The molecule has 0 spiro atoms. The van der Waals surface area contributed by atoms with Crippen LogP contribution in [0.2, 0.25) is 0 Å². The molecule has 2 heterocycles. The molecule has 1 fully saturated rings. The van der Waals surface area contributed by atoms with E-state index in [9.17, 15) is 0 Å². The highest BCUT2D eigenvalue weighted by Gasteiger charge is 2.22. The predicted molar refractivity (Wildman–Crippen MR) is 51.8 cm³/mol. The Bertz CT molecular complexity index is 279. The van der Waals surface area contributed by atoms with E-state index in [4.69, 9.17) is 14.9 Å². The Morgan fingerprint density at radius 2 is 2.50 bits per heavy atom. The minimum Gasteiger partial charge on any atom is -0.446 e. The number of nitrogens with two attached hydrogens (primary N) is 1. The molecule has 1 unspecified atom stereocenters. The standard InChI is InChI=1S/C10H16N2O2/c11-5-1-3-8-7-14-10(12-8)9-4-2-6-13-9/h7,9H,1-6,11H2. The summed E-state index contributed by atoms with van der Waals surface area (Å²) < 4.78 is 10.8. The number of oxazole rings is 1. The predicted octanol–water partition coefficient (Wildman–Crippen LogP) is 1.42. The zero-order valence-corrected chi connectivity index (χ0v) is 8.24. The van der Waals surface area contributed by atoms with Gasteiger partial charge in [0.05, 0.1) is 5.69 Å². The van der Waals surface area contributed by atoms with Crippen LogP contribution in [0.15, 0.2) is 10.7 Å². The summed E-state index contributed by atoms with van der Waals surface area (Å²) in [6, 6.07) is 0. The topological polar surface area (TPSA) is 61.3 Å². The lowest BCUT2D eigenvalue weighted by atomic mass is 10.2. The van der Waals surface area contributed by atoms with Crippen molar-refractivity contribution in [1.82, 2.24) is 4.98 Å². The van der Waals surface area contributed by atoms with Crippen molar-refractivity contribution in [3.8, 4) is 0 Å². The molecule has 1 aliphatic heterocycles. The van der Waals surface area contributed by atoms with Crippen LogP contribution in [0.5, 0.6) is 0 Å². The third-order valence-corrected chi connectivity index (χ3v) is 2.41. The quantitative estimate of drug-likeness (QED) is 0.791. The third kappa shape index (κ3) is 2.13. The molecule has 14 heavy (non-hydrogen) atoms. The van der Waals surface area contributed by atoms with E-state index in [0.717, 1.165) is 43.9 Å². The summed E-state index contributed by atoms with van der Waals surface area (Å²) in [7, 11) is 0. The van der Waals surface area contributed by atoms with Crippen LogP contribution >= 0.6 is 0 Å². The van der Waals surface area contributed by atoms with Gasteiger partial charge >= 0.3 is 0 Å². The highest BCUT2D eigenvalue weighted by atomic mass is 16.5. The molecule has 1 saturated heterocycles. The molecule has 1 aliphatic rings. The lowest BCUT2D eigenvalue weighted by Gasteiger charge is -2.01. The maximum Gasteiger partial charge on any atom is 0.223 e. The van der Waals surface area contributed by atoms with Crippen LogP contribution < -0.4 is 5.73 Å². The van der Waals surface area contributed by atoms with Crippen molar-refractivity contribution in [2.45, 2.75) is 31.8 Å². The molecule has 0 amide bonds. The smallest absolute Gasteiger partial charge is 0.223 e. The number of rotatable bonds is 4. The Labute approximate surface area is 83.4 Å². The molecule has 78 valence electrons. The first-order valence-corrected chi connectivity index (χ1v) is 5.16. The minimum atomic E-state index is 0.0848. The summed E-state index contributed by atoms with van der Waals surface area (Å²) in [6.07, 6.45) is 5.78. The Morgan fingerprint density at radius 1 is 1.57 bits per heavy atom. The zero-order valence-electron chi connectivity index (χ0n) is 8.24. The van der Waals surface area contributed by atoms with E-state index in [2.05, 4.69) is 4.98 Å². The van der Waals surface area contributed by atoms with Crippen LogP contribution in [0.25, 0.3) is 0 Å². The van der Waals surface area contributed by atoms with Crippen LogP contribution in [0.3, 0.4) is 0 Å². The Hall–Kier alpha value is -0.870. The van der Waals surface area contributed by atoms with Crippen LogP contribution in [0.1, 0.15) is 37.0 Å². The largest absolute Gasteiger partial charge is 0.446 e. The molecular formula is C10H16N2O2. The average molecular weight is 196 g/mol. The molecule has 0 saturated carbocycles. The molecule has 1 atom stereocenters. The van der Waals surface area contributed by atoms with Crippen LogP contribution in [-0.2, 0) is 11.2 Å². The van der Waals surface area contributed by atoms with Crippen molar-refractivity contribution in [3.05, 3.63) is 17.8 Å². The first-order valence-electron chi connectivity index (χ1n) is 5.16. The normalized spacial score (nSPS) is 21.6. The molecule has 1 aromatic rings. The van der Waals surface area contributed by atoms with Gasteiger partial charge in [0, 0.05) is 6.61 Å². The number of nitrogens with zero attached hydrogens (tertiary/aromatic N) is 1. The van der Waals surface area contributed by atoms with Crippen molar-refractivity contribution in [1.29, 1.82) is 0 Å². The summed E-state index contributed by atoms with van der Waals surface area (Å²) in [5.74, 6) is 0.731. The highest BCUT2D eigenvalue weighted by molar-refractivity contribution is 4.99. The summed E-state index contributed by atoms with van der Waals surface area (Å²) >= 11 is 0. The van der Waals surface area contributed by atoms with Gasteiger partial charge < -0.3 is 14.9 Å². The monoisotopic (exact) mass is 196 g/mol. The van der Waals surface area contributed by atoms with Gasteiger partial charge in [0.15, 0.2) is 0 Å². The number of hydrogen-bond acceptors (Lipinski definition) is 4. The second kappa shape index (κ2) is 4.57. The third-order valence-electron chi connectivity index (χ3n) is 2.41. The van der Waals surface area contributed by atoms with Crippen LogP contribution in [0, 0.1) is 0 Å². The summed E-state index contributed by atoms with van der Waals surface area (Å²) in [6.45, 7) is 1.52. The molecule has 4 heteroatoms. The van der Waals surface area contributed by atoms with E-state index in [1.165, 1.54) is 0 Å². The highest BCUT2D eigenvalue weighted by Crippen LogP contribution is 2.27. The van der Waals surface area contributed by atoms with Crippen molar-refractivity contribution in [2.24, 2.45) is 5.73 Å². The van der Waals surface area contributed by atoms with E-state index < -0.39 is 0 Å². The van der Waals surface area contributed by atoms with Gasteiger partial charge in [0.1, 0.15) is 12.4 Å². The molecule has 4 nitrogen and oxygen atoms in total. The molecule has 0 aromatic carbocycles. The lowest BCUT2D eigenvalue weighted by molar-refractivity contribution is 0.0892. The number of hydrogen-bond donors (Lipinski definition) is 1. The van der Waals surface area contributed by atoms with Crippen LogP contribution in [-0.4, -0.2) is 18.1 Å². The number of aromatic nitrogens is 1. The molecule has 0 bridgehead atoms. The van der Waals surface area contributed by atoms with Crippen molar-refractivity contribution < 1.29 is 9.15 Å². The zero-order chi connectivity index (χ0) is 9.80. The van der Waals surface area contributed by atoms with E-state index in [0.29, 0.717) is 6.54 Å². The van der Waals surface area contributed by atoms with Gasteiger partial charge in [-0.2, -0.15) is 0 Å². The fourth-order valence-corrected chi connectivity index (χ4v) is 1.64. The van der Waals surface area contributed by atoms with Crippen molar-refractivity contribution >= 4 is 0 Å². The van der Waals surface area contributed by atoms with E-state index in [1.807, 2.05) is 0 Å². The maximum atomic E-state index is 5.48. The molecule has 0 radical (unpaired) electrons. The van der Waals surface area contributed by atoms with Gasteiger partial charge in [0.25, 0.3) is 0 Å². The number of ether oxygens (including phenoxy) is 1. The lowest BCUT2D eigenvalue weighted by Crippen LogP contribution is -2.01. The van der Waals surface area contributed by atoms with Gasteiger partial charge in [-0.1, -0.05) is 0 Å². The SMILES string of the molecule is NCCCc1coc(C2CCCO2)n1. The van der Waals surface area contributed by atoms with Crippen LogP contribution in [0.4, 0.5) is 0 Å². The summed E-state index contributed by atoms with van der Waals surface area (Å²) in [5.41, 5.74) is 6.41. The fourth-order valence-electron chi connectivity index (χ4n) is 1.64. The molecule has 1 aromatic heterocycles. The second-order valence-electron chi connectivity index (χ2n) is 3.57. The Balaban J connectivity index is 1.94. The maximum absolute atomic E-state index is 5.48. The summed E-state index contributed by atoms with van der Waals surface area (Å²) in [4.78, 5) is 4.38. The first-order chi connectivity index (χ1) is 6.90. The van der Waals surface area contributed by atoms with Gasteiger partial charge in [-0.05, 0) is 32.2 Å². The fraction of sp³-hybridized carbons (Fsp3) is 0.700. The molecular weight excluding hydrogens is 180 g/mol. The first kappa shape index (κ1) is 9.68. The minimum absolute atomic E-state index is 0.0848. The van der Waals surface area contributed by atoms with E-state index in [1.54, 1.807) is 6.26 Å². The number of aryl methyl sites for hydroxylation is 1. The van der Waals surface area contributed by atoms with Gasteiger partial charge in [-0.3, -0.25) is 0 Å². The van der Waals surface area contributed by atoms with E-state index in [-0.39, 0.29) is 6.10 Å². The van der Waals surface area contributed by atoms with Crippen molar-refractivity contribution in [3.63, 3.8) is 0 Å². The Morgan fingerprint density at radius 3 is 3.21 bits per heavy atom. The van der Waals surface area contributed by atoms with Gasteiger partial charge in [0.2, 0.25) is 5.89 Å². The average Bonchev–Trinajstić information content (AvgIpc) is 2.85. The molecule has 0 aliphatic carbocycles. The Kier molecular flexibility index (Phi) is 3.16. The summed E-state index contributed by atoms with van der Waals surface area (Å²) in [5, 5.41) is 0. The van der Waals surface area contributed by atoms with Crippen molar-refractivity contribution in [2.75, 3.05) is 13.2 Å². The van der Waals surface area contributed by atoms with Gasteiger partial charge in [-0.15, -0.1) is 0 Å².